The fourth-order valence-corrected chi connectivity index (χ4v) is 1.15. The molecule has 0 unspecified atom stereocenters. The number of benzene rings is 1. The van der Waals surface area contributed by atoms with Crippen molar-refractivity contribution in [2.45, 2.75) is 19.8 Å². The van der Waals surface area contributed by atoms with E-state index in [9.17, 15) is 0 Å². The maximum Gasteiger partial charge on any atom is 0.109 e. The predicted octanol–water partition coefficient (Wildman–Crippen LogP) is 2.56. The van der Waals surface area contributed by atoms with Crippen molar-refractivity contribution in [3.8, 4) is 6.07 Å². The Morgan fingerprint density at radius 3 is 2.54 bits per heavy atom. The molecule has 0 aliphatic heterocycles. The Labute approximate surface area is 78.4 Å². The highest BCUT2D eigenvalue weighted by molar-refractivity contribution is 5.40. The molecule has 0 atom stereocenters. The maximum atomic E-state index is 8.83. The van der Waals surface area contributed by atoms with Gasteiger partial charge >= 0.3 is 0 Å². The van der Waals surface area contributed by atoms with Crippen LogP contribution in [0, 0.1) is 17.9 Å². The van der Waals surface area contributed by atoms with Gasteiger partial charge in [0.25, 0.3) is 0 Å². The zero-order valence-electron chi connectivity index (χ0n) is 7.78. The molecule has 67 valence electrons. The molecular weight excluding hydrogens is 162 g/mol. The molecule has 13 heavy (non-hydrogen) atoms. The van der Waals surface area contributed by atoms with E-state index in [0.29, 0.717) is 17.0 Å². The third-order valence-corrected chi connectivity index (χ3v) is 1.92. The Morgan fingerprint density at radius 2 is 2.08 bits per heavy atom. The molecule has 0 amide bonds. The SMILES string of the molecule is CC(C)c1cc(C#N)cc([CH]O)c1. The topological polar surface area (TPSA) is 44.0 Å². The summed E-state index contributed by atoms with van der Waals surface area (Å²) in [5.41, 5.74) is 2.34. The van der Waals surface area contributed by atoms with Gasteiger partial charge in [0, 0.05) is 0 Å². The fourth-order valence-electron chi connectivity index (χ4n) is 1.15. The molecule has 1 radical (unpaired) electrons. The van der Waals surface area contributed by atoms with Crippen molar-refractivity contribution in [2.24, 2.45) is 0 Å². The van der Waals surface area contributed by atoms with Crippen LogP contribution in [0.2, 0.25) is 0 Å². The molecule has 0 saturated carbocycles. The summed E-state index contributed by atoms with van der Waals surface area (Å²) in [5, 5.41) is 17.5. The summed E-state index contributed by atoms with van der Waals surface area (Å²) in [5.74, 6) is 0.368. The molecule has 1 rings (SSSR count). The van der Waals surface area contributed by atoms with Gasteiger partial charge in [-0.25, -0.2) is 0 Å². The molecule has 0 saturated heterocycles. The number of nitrogens with zero attached hydrogens (tertiary/aromatic N) is 1. The molecule has 1 N–H and O–H groups in total. The molecule has 1 aromatic carbocycles. The van der Waals surface area contributed by atoms with Gasteiger partial charge in [-0.3, -0.25) is 0 Å². The molecule has 1 aromatic rings. The number of rotatable bonds is 2. The van der Waals surface area contributed by atoms with E-state index in [1.54, 1.807) is 6.07 Å². The number of nitriles is 1. The lowest BCUT2D eigenvalue weighted by molar-refractivity contribution is 0.414. The standard InChI is InChI=1S/C11H12NO/c1-8(2)11-4-9(6-12)3-10(5-11)7-13/h3-5,7-8,13H,1-2H3. The van der Waals surface area contributed by atoms with E-state index in [2.05, 4.69) is 19.9 Å². The molecule has 0 fully saturated rings. The van der Waals surface area contributed by atoms with Crippen LogP contribution in [0.25, 0.3) is 0 Å². The molecular formula is C11H12NO. The first-order chi connectivity index (χ1) is 6.17. The summed E-state index contributed by atoms with van der Waals surface area (Å²) in [4.78, 5) is 0. The van der Waals surface area contributed by atoms with E-state index in [1.165, 1.54) is 0 Å². The number of hydrogen-bond acceptors (Lipinski definition) is 2. The van der Waals surface area contributed by atoms with Crippen molar-refractivity contribution >= 4 is 0 Å². The van der Waals surface area contributed by atoms with E-state index in [1.807, 2.05) is 12.1 Å². The predicted molar refractivity (Wildman–Crippen MR) is 50.6 cm³/mol. The van der Waals surface area contributed by atoms with Gasteiger partial charge < -0.3 is 5.11 Å². The lowest BCUT2D eigenvalue weighted by atomic mass is 9.98. The summed E-state index contributed by atoms with van der Waals surface area (Å²) in [6, 6.07) is 7.45. The molecule has 0 heterocycles. The minimum atomic E-state index is 0.368. The molecule has 0 aliphatic rings. The molecule has 0 bridgehead atoms. The highest BCUT2D eigenvalue weighted by Crippen LogP contribution is 2.18. The molecule has 2 nitrogen and oxygen atoms in total. The van der Waals surface area contributed by atoms with Crippen molar-refractivity contribution in [3.63, 3.8) is 0 Å². The van der Waals surface area contributed by atoms with E-state index >= 15 is 0 Å². The molecule has 2 heteroatoms. The number of aliphatic hydroxyl groups is 1. The normalized spacial score (nSPS) is 10.1. The van der Waals surface area contributed by atoms with E-state index in [4.69, 9.17) is 10.4 Å². The van der Waals surface area contributed by atoms with Crippen molar-refractivity contribution in [1.29, 1.82) is 5.26 Å². The van der Waals surface area contributed by atoms with Gasteiger partial charge in [-0.15, -0.1) is 0 Å². The van der Waals surface area contributed by atoms with Crippen LogP contribution >= 0.6 is 0 Å². The lowest BCUT2D eigenvalue weighted by Crippen LogP contribution is -1.92. The first-order valence-electron chi connectivity index (χ1n) is 4.20. The van der Waals surface area contributed by atoms with E-state index < -0.39 is 0 Å². The Kier molecular flexibility index (Phi) is 3.05. The van der Waals surface area contributed by atoms with Gasteiger partial charge in [-0.05, 0) is 29.2 Å². The maximum absolute atomic E-state index is 8.83. The molecule has 0 aromatic heterocycles. The van der Waals surface area contributed by atoms with Crippen LogP contribution in [-0.4, -0.2) is 5.11 Å². The summed E-state index contributed by atoms with van der Waals surface area (Å²) in [7, 11) is 0. The van der Waals surface area contributed by atoms with Crippen LogP contribution in [0.3, 0.4) is 0 Å². The van der Waals surface area contributed by atoms with Crippen LogP contribution in [0.4, 0.5) is 0 Å². The fraction of sp³-hybridized carbons (Fsp3) is 0.273. The smallest absolute Gasteiger partial charge is 0.109 e. The van der Waals surface area contributed by atoms with Gasteiger partial charge in [0.1, 0.15) is 6.61 Å². The second-order valence-electron chi connectivity index (χ2n) is 3.28. The lowest BCUT2D eigenvalue weighted by Gasteiger charge is -2.07. The first kappa shape index (κ1) is 9.76. The average molecular weight is 174 g/mol. The van der Waals surface area contributed by atoms with Crippen molar-refractivity contribution in [1.82, 2.24) is 0 Å². The van der Waals surface area contributed by atoms with Crippen LogP contribution in [0.5, 0.6) is 0 Å². The number of aliphatic hydroxyl groups excluding tert-OH is 1. The molecule has 0 spiro atoms. The second-order valence-corrected chi connectivity index (χ2v) is 3.28. The third-order valence-electron chi connectivity index (χ3n) is 1.92. The largest absolute Gasteiger partial charge is 0.385 e. The Morgan fingerprint density at radius 1 is 1.38 bits per heavy atom. The quantitative estimate of drug-likeness (QED) is 0.748. The van der Waals surface area contributed by atoms with Gasteiger partial charge in [0.2, 0.25) is 0 Å². The van der Waals surface area contributed by atoms with Gasteiger partial charge in [0.05, 0.1) is 11.6 Å². The zero-order chi connectivity index (χ0) is 9.84. The Hall–Kier alpha value is -1.33. The van der Waals surface area contributed by atoms with Crippen molar-refractivity contribution in [2.75, 3.05) is 0 Å². The third kappa shape index (κ3) is 2.30. The van der Waals surface area contributed by atoms with Crippen LogP contribution in [0.1, 0.15) is 36.5 Å². The highest BCUT2D eigenvalue weighted by atomic mass is 16.3. The monoisotopic (exact) mass is 174 g/mol. The van der Waals surface area contributed by atoms with Gasteiger partial charge in [-0.1, -0.05) is 19.9 Å². The number of hydrogen-bond donors (Lipinski definition) is 1. The minimum Gasteiger partial charge on any atom is -0.385 e. The molecule has 0 aliphatic carbocycles. The summed E-state index contributed by atoms with van der Waals surface area (Å²) in [6.07, 6.45) is 0. The summed E-state index contributed by atoms with van der Waals surface area (Å²) < 4.78 is 0. The van der Waals surface area contributed by atoms with Crippen molar-refractivity contribution in [3.05, 3.63) is 41.5 Å². The summed E-state index contributed by atoms with van der Waals surface area (Å²) in [6.45, 7) is 5.13. The zero-order valence-corrected chi connectivity index (χ0v) is 7.78. The van der Waals surface area contributed by atoms with Crippen LogP contribution in [0.15, 0.2) is 18.2 Å². The van der Waals surface area contributed by atoms with Gasteiger partial charge in [0.15, 0.2) is 0 Å². The van der Waals surface area contributed by atoms with Crippen molar-refractivity contribution < 1.29 is 5.11 Å². The Balaban J connectivity index is 3.17. The highest BCUT2D eigenvalue weighted by Gasteiger charge is 2.03. The van der Waals surface area contributed by atoms with E-state index in [-0.39, 0.29) is 0 Å². The Bertz CT molecular complexity index is 336. The van der Waals surface area contributed by atoms with Gasteiger partial charge in [-0.2, -0.15) is 5.26 Å². The van der Waals surface area contributed by atoms with Crippen LogP contribution < -0.4 is 0 Å². The van der Waals surface area contributed by atoms with Crippen LogP contribution in [-0.2, 0) is 0 Å². The second kappa shape index (κ2) is 4.06. The van der Waals surface area contributed by atoms with E-state index in [0.717, 1.165) is 12.2 Å². The summed E-state index contributed by atoms with van der Waals surface area (Å²) >= 11 is 0. The first-order valence-corrected chi connectivity index (χ1v) is 4.20. The minimum absolute atomic E-state index is 0.368. The average Bonchev–Trinajstić information content (AvgIpc) is 2.16.